The van der Waals surface area contributed by atoms with E-state index in [-0.39, 0.29) is 12.0 Å². The molecule has 1 aromatic heterocycles. The van der Waals surface area contributed by atoms with Crippen molar-refractivity contribution in [2.24, 2.45) is 0 Å². The molecule has 208 valence electrons. The second-order valence-electron chi connectivity index (χ2n) is 8.63. The van der Waals surface area contributed by atoms with Gasteiger partial charge in [0.2, 0.25) is 0 Å². The molecule has 0 fully saturated rings. The number of nitrogens with zero attached hydrogens (tertiary/aromatic N) is 1. The van der Waals surface area contributed by atoms with E-state index in [9.17, 15) is 9.59 Å². The maximum absolute atomic E-state index is 13.8. The Labute approximate surface area is 231 Å². The molecule has 2 heterocycles. The number of thiophene rings is 1. The third-order valence-corrected chi connectivity index (χ3v) is 7.57. The molecule has 10 nitrogen and oxygen atoms in total. The molecule has 0 radical (unpaired) electrons. The number of fused-ring (bicyclic) bond motifs is 1. The van der Waals surface area contributed by atoms with Gasteiger partial charge < -0.3 is 39.2 Å². The minimum Gasteiger partial charge on any atom is -0.497 e. The van der Waals surface area contributed by atoms with E-state index in [4.69, 9.17) is 23.7 Å². The molecule has 11 heteroatoms. The Morgan fingerprint density at radius 2 is 1.64 bits per heavy atom. The zero-order valence-corrected chi connectivity index (χ0v) is 23.5. The molecule has 4 rings (SSSR count). The van der Waals surface area contributed by atoms with Gasteiger partial charge in [0.25, 0.3) is 5.91 Å². The number of nitrogens with one attached hydrogen (secondary N) is 2. The van der Waals surface area contributed by atoms with E-state index >= 15 is 0 Å². The van der Waals surface area contributed by atoms with Gasteiger partial charge in [0, 0.05) is 29.6 Å². The van der Waals surface area contributed by atoms with Crippen LogP contribution in [0.3, 0.4) is 0 Å². The van der Waals surface area contributed by atoms with Crippen molar-refractivity contribution in [1.29, 1.82) is 0 Å². The first-order valence-electron chi connectivity index (χ1n) is 12.5. The molecule has 1 aliphatic heterocycles. The monoisotopic (exact) mass is 555 g/mol. The number of carbonyl (C=O) groups excluding carboxylic acids is 2. The summed E-state index contributed by atoms with van der Waals surface area (Å²) in [6.45, 7) is 3.30. The third kappa shape index (κ3) is 6.14. The highest BCUT2D eigenvalue weighted by atomic mass is 32.1. The van der Waals surface area contributed by atoms with Crippen LogP contribution in [0.4, 0.5) is 15.5 Å². The van der Waals surface area contributed by atoms with Gasteiger partial charge in [-0.2, -0.15) is 0 Å². The zero-order valence-electron chi connectivity index (χ0n) is 22.7. The topological polar surface area (TPSA) is 108 Å². The van der Waals surface area contributed by atoms with Crippen molar-refractivity contribution in [3.8, 4) is 23.0 Å². The molecule has 0 atom stereocenters. The van der Waals surface area contributed by atoms with E-state index in [0.717, 1.165) is 16.0 Å². The van der Waals surface area contributed by atoms with Crippen LogP contribution in [0.15, 0.2) is 36.4 Å². The Morgan fingerprint density at radius 3 is 2.31 bits per heavy atom. The highest BCUT2D eigenvalue weighted by Crippen LogP contribution is 2.39. The molecule has 3 aromatic rings. The van der Waals surface area contributed by atoms with Gasteiger partial charge in [0.05, 0.1) is 52.8 Å². The normalized spacial score (nSPS) is 12.3. The average molecular weight is 556 g/mol. The first kappa shape index (κ1) is 27.9. The van der Waals surface area contributed by atoms with E-state index in [2.05, 4.69) is 10.6 Å². The smallest absolute Gasteiger partial charge is 0.410 e. The number of benzene rings is 2. The fraction of sp³-hybridized carbons (Fsp3) is 0.357. The van der Waals surface area contributed by atoms with Gasteiger partial charge >= 0.3 is 6.09 Å². The maximum atomic E-state index is 13.8. The molecule has 0 saturated carbocycles. The van der Waals surface area contributed by atoms with Crippen molar-refractivity contribution in [3.63, 3.8) is 0 Å². The van der Waals surface area contributed by atoms with Crippen molar-refractivity contribution < 1.29 is 33.3 Å². The van der Waals surface area contributed by atoms with Crippen LogP contribution < -0.4 is 29.6 Å². The van der Waals surface area contributed by atoms with E-state index in [1.54, 1.807) is 58.5 Å². The van der Waals surface area contributed by atoms with Crippen LogP contribution in [0.25, 0.3) is 0 Å². The Balaban J connectivity index is 1.68. The summed E-state index contributed by atoms with van der Waals surface area (Å²) in [5, 5.41) is 7.12. The van der Waals surface area contributed by atoms with E-state index in [1.807, 2.05) is 18.2 Å². The van der Waals surface area contributed by atoms with Gasteiger partial charge in [-0.15, -0.1) is 11.3 Å². The first-order chi connectivity index (χ1) is 18.9. The lowest BCUT2D eigenvalue weighted by Gasteiger charge is -2.26. The average Bonchev–Trinajstić information content (AvgIpc) is 3.33. The Morgan fingerprint density at radius 1 is 0.949 bits per heavy atom. The van der Waals surface area contributed by atoms with Gasteiger partial charge in [0.1, 0.15) is 28.0 Å². The van der Waals surface area contributed by atoms with Gasteiger partial charge in [-0.3, -0.25) is 4.79 Å². The number of methoxy groups -OCH3 is 4. The molecule has 2 amide bonds. The molecule has 0 spiro atoms. The first-order valence-corrected chi connectivity index (χ1v) is 13.3. The fourth-order valence-electron chi connectivity index (χ4n) is 4.43. The van der Waals surface area contributed by atoms with E-state index in [1.165, 1.54) is 11.3 Å². The van der Waals surface area contributed by atoms with Crippen LogP contribution in [0.5, 0.6) is 23.0 Å². The van der Waals surface area contributed by atoms with Gasteiger partial charge in [0.15, 0.2) is 0 Å². The van der Waals surface area contributed by atoms with Crippen molar-refractivity contribution in [3.05, 3.63) is 58.0 Å². The second kappa shape index (κ2) is 12.6. The van der Waals surface area contributed by atoms with Crippen LogP contribution in [0.1, 0.15) is 33.3 Å². The second-order valence-corrected chi connectivity index (χ2v) is 9.74. The van der Waals surface area contributed by atoms with Gasteiger partial charge in [-0.25, -0.2) is 4.79 Å². The van der Waals surface area contributed by atoms with Crippen LogP contribution >= 0.6 is 11.3 Å². The third-order valence-electron chi connectivity index (χ3n) is 6.39. The highest BCUT2D eigenvalue weighted by Gasteiger charge is 2.31. The molecule has 1 aliphatic rings. The lowest BCUT2D eigenvalue weighted by Crippen LogP contribution is -2.36. The van der Waals surface area contributed by atoms with Crippen molar-refractivity contribution in [2.75, 3.05) is 52.2 Å². The van der Waals surface area contributed by atoms with E-state index in [0.29, 0.717) is 71.9 Å². The van der Waals surface area contributed by atoms with Crippen LogP contribution in [-0.2, 0) is 24.2 Å². The van der Waals surface area contributed by atoms with Crippen LogP contribution in [0.2, 0.25) is 0 Å². The van der Waals surface area contributed by atoms with Crippen LogP contribution in [-0.4, -0.2) is 58.5 Å². The minimum atomic E-state index is -0.362. The standard InChI is InChI=1S/C28H33N3O7S/c1-6-38-28(33)31-12-11-20-24(16-31)39-27(29-15-17-13-18(34-2)7-9-22(17)36-4)25(20)26(32)30-21-14-19(35-3)8-10-23(21)37-5/h7-10,13-14,29H,6,11-12,15-16H2,1-5H3,(H,30,32). The molecule has 0 unspecified atom stereocenters. The number of hydrogen-bond acceptors (Lipinski definition) is 9. The van der Waals surface area contributed by atoms with E-state index < -0.39 is 0 Å². The quantitative estimate of drug-likeness (QED) is 0.353. The summed E-state index contributed by atoms with van der Waals surface area (Å²) in [5.41, 5.74) is 2.80. The number of anilines is 2. The molecule has 0 saturated heterocycles. The van der Waals surface area contributed by atoms with Crippen molar-refractivity contribution in [1.82, 2.24) is 4.90 Å². The Hall–Kier alpha value is -4.12. The number of carbonyl (C=O) groups is 2. The summed E-state index contributed by atoms with van der Waals surface area (Å²) in [6, 6.07) is 10.8. The lowest BCUT2D eigenvalue weighted by atomic mass is 10.0. The summed E-state index contributed by atoms with van der Waals surface area (Å²) >= 11 is 1.45. The summed E-state index contributed by atoms with van der Waals surface area (Å²) in [4.78, 5) is 28.8. The largest absolute Gasteiger partial charge is 0.497 e. The molecule has 2 aromatic carbocycles. The number of hydrogen-bond donors (Lipinski definition) is 2. The van der Waals surface area contributed by atoms with Crippen molar-refractivity contribution in [2.45, 2.75) is 26.4 Å². The predicted molar refractivity (Wildman–Crippen MR) is 150 cm³/mol. The molecule has 0 aliphatic carbocycles. The van der Waals surface area contributed by atoms with Crippen LogP contribution in [0, 0.1) is 0 Å². The molecular weight excluding hydrogens is 522 g/mol. The van der Waals surface area contributed by atoms with Gasteiger partial charge in [-0.1, -0.05) is 0 Å². The number of rotatable bonds is 10. The Bertz CT molecular complexity index is 1340. The Kier molecular flexibility index (Phi) is 9.03. The predicted octanol–water partition coefficient (Wildman–Crippen LogP) is 5.16. The fourth-order valence-corrected chi connectivity index (χ4v) is 5.69. The van der Waals surface area contributed by atoms with Crippen molar-refractivity contribution >= 4 is 34.0 Å². The molecular formula is C28H33N3O7S. The SMILES string of the molecule is CCOC(=O)N1CCc2c(sc(NCc3cc(OC)ccc3OC)c2C(=O)Nc2cc(OC)ccc2OC)C1. The molecule has 39 heavy (non-hydrogen) atoms. The summed E-state index contributed by atoms with van der Waals surface area (Å²) in [6.07, 6.45) is 0.159. The maximum Gasteiger partial charge on any atom is 0.410 e. The summed E-state index contributed by atoms with van der Waals surface area (Å²) in [7, 11) is 6.33. The molecule has 0 bridgehead atoms. The number of amides is 2. The number of ether oxygens (including phenoxy) is 5. The highest BCUT2D eigenvalue weighted by molar-refractivity contribution is 7.16. The molecule has 2 N–H and O–H groups in total. The lowest BCUT2D eigenvalue weighted by molar-refractivity contribution is 0.102. The minimum absolute atomic E-state index is 0.288. The van der Waals surface area contributed by atoms with Gasteiger partial charge in [-0.05, 0) is 49.2 Å². The summed E-state index contributed by atoms with van der Waals surface area (Å²) in [5.74, 6) is 2.21. The summed E-state index contributed by atoms with van der Waals surface area (Å²) < 4.78 is 26.9. The zero-order chi connectivity index (χ0) is 27.9.